The Labute approximate surface area is 88.4 Å². The third-order valence-corrected chi connectivity index (χ3v) is 1.69. The fraction of sp³-hybridized carbons (Fsp3) is 0.100. The van der Waals surface area contributed by atoms with Crippen LogP contribution in [0.4, 0.5) is 17.6 Å². The number of carbonyl (C=O) groups excluding carboxylic acids is 1. The van der Waals surface area contributed by atoms with Crippen LogP contribution in [0, 0.1) is 5.82 Å². The summed E-state index contributed by atoms with van der Waals surface area (Å²) in [5.74, 6) is -1.85. The zero-order chi connectivity index (χ0) is 12.3. The molecule has 86 valence electrons. The molecule has 6 heteroatoms. The Bertz CT molecular complexity index is 437. The summed E-state index contributed by atoms with van der Waals surface area (Å²) < 4.78 is 49.6. The number of nitrogens with two attached hydrogens (primary N) is 1. The van der Waals surface area contributed by atoms with Crippen LogP contribution in [0.2, 0.25) is 0 Å². The predicted octanol–water partition coefficient (Wildman–Crippen LogP) is 2.34. The summed E-state index contributed by atoms with van der Waals surface area (Å²) in [7, 11) is 0. The third-order valence-electron chi connectivity index (χ3n) is 1.69. The minimum atomic E-state index is -4.63. The molecule has 1 aromatic carbocycles. The standard InChI is InChI=1S/C10H7F4NO/c11-8-4-6(1-2-9(15)16)3-7(5-8)10(12,13)14/h1-5H,(H2,15,16). The van der Waals surface area contributed by atoms with E-state index in [1.807, 2.05) is 0 Å². The Morgan fingerprint density at radius 3 is 2.38 bits per heavy atom. The lowest BCUT2D eigenvalue weighted by atomic mass is 10.1. The molecule has 0 atom stereocenters. The first kappa shape index (κ1) is 12.2. The Hall–Kier alpha value is -1.85. The van der Waals surface area contributed by atoms with E-state index in [-0.39, 0.29) is 5.56 Å². The molecule has 0 fully saturated rings. The number of primary amides is 1. The lowest BCUT2D eigenvalue weighted by molar-refractivity contribution is -0.137. The molecule has 2 N–H and O–H groups in total. The molecule has 0 aliphatic rings. The van der Waals surface area contributed by atoms with Crippen molar-refractivity contribution >= 4 is 12.0 Å². The highest BCUT2D eigenvalue weighted by Crippen LogP contribution is 2.30. The summed E-state index contributed by atoms with van der Waals surface area (Å²) in [6.45, 7) is 0. The molecule has 0 aliphatic carbocycles. The summed E-state index contributed by atoms with van der Waals surface area (Å²) in [6.07, 6.45) is -2.76. The fourth-order valence-corrected chi connectivity index (χ4v) is 1.05. The van der Waals surface area contributed by atoms with E-state index in [1.54, 1.807) is 0 Å². The summed E-state index contributed by atoms with van der Waals surface area (Å²) >= 11 is 0. The number of carbonyl (C=O) groups is 1. The van der Waals surface area contributed by atoms with Gasteiger partial charge in [0.25, 0.3) is 0 Å². The summed E-state index contributed by atoms with van der Waals surface area (Å²) in [4.78, 5) is 10.4. The topological polar surface area (TPSA) is 43.1 Å². The quantitative estimate of drug-likeness (QED) is 0.618. The molecule has 0 radical (unpaired) electrons. The monoisotopic (exact) mass is 233 g/mol. The molecule has 0 spiro atoms. The number of amides is 1. The van der Waals surface area contributed by atoms with E-state index >= 15 is 0 Å². The number of hydrogen-bond donors (Lipinski definition) is 1. The first-order valence-corrected chi connectivity index (χ1v) is 4.14. The Morgan fingerprint density at radius 1 is 1.25 bits per heavy atom. The van der Waals surface area contributed by atoms with E-state index in [9.17, 15) is 22.4 Å². The number of halogens is 4. The van der Waals surface area contributed by atoms with Crippen molar-refractivity contribution in [2.24, 2.45) is 5.73 Å². The maximum absolute atomic E-state index is 12.8. The SMILES string of the molecule is NC(=O)C=Cc1cc(F)cc(C(F)(F)F)c1. The molecule has 0 aromatic heterocycles. The second kappa shape index (κ2) is 4.34. The van der Waals surface area contributed by atoms with Gasteiger partial charge in [-0.2, -0.15) is 13.2 Å². The van der Waals surface area contributed by atoms with Crippen LogP contribution in [0.15, 0.2) is 24.3 Å². The van der Waals surface area contributed by atoms with Crippen LogP contribution in [-0.2, 0) is 11.0 Å². The van der Waals surface area contributed by atoms with Gasteiger partial charge in [0.15, 0.2) is 0 Å². The molecule has 1 rings (SSSR count). The van der Waals surface area contributed by atoms with Gasteiger partial charge in [-0.1, -0.05) is 0 Å². The van der Waals surface area contributed by atoms with Crippen molar-refractivity contribution in [2.75, 3.05) is 0 Å². The molecule has 1 amide bonds. The maximum atomic E-state index is 12.8. The first-order valence-electron chi connectivity index (χ1n) is 4.14. The average Bonchev–Trinajstić information content (AvgIpc) is 2.12. The zero-order valence-corrected chi connectivity index (χ0v) is 7.88. The van der Waals surface area contributed by atoms with Crippen LogP contribution in [0.5, 0.6) is 0 Å². The average molecular weight is 233 g/mol. The van der Waals surface area contributed by atoms with Gasteiger partial charge in [0.2, 0.25) is 5.91 Å². The highest BCUT2D eigenvalue weighted by Gasteiger charge is 2.31. The van der Waals surface area contributed by atoms with Crippen LogP contribution >= 0.6 is 0 Å². The van der Waals surface area contributed by atoms with Gasteiger partial charge in [0.05, 0.1) is 5.56 Å². The maximum Gasteiger partial charge on any atom is 0.416 e. The highest BCUT2D eigenvalue weighted by molar-refractivity contribution is 5.90. The lowest BCUT2D eigenvalue weighted by Gasteiger charge is -2.07. The summed E-state index contributed by atoms with van der Waals surface area (Å²) in [6, 6.07) is 1.97. The molecule has 2 nitrogen and oxygen atoms in total. The predicted molar refractivity (Wildman–Crippen MR) is 49.6 cm³/mol. The van der Waals surface area contributed by atoms with Gasteiger partial charge in [0.1, 0.15) is 5.82 Å². The minimum Gasteiger partial charge on any atom is -0.366 e. The highest BCUT2D eigenvalue weighted by atomic mass is 19.4. The summed E-state index contributed by atoms with van der Waals surface area (Å²) in [5.41, 5.74) is 3.57. The van der Waals surface area contributed by atoms with Crippen LogP contribution in [0.3, 0.4) is 0 Å². The smallest absolute Gasteiger partial charge is 0.366 e. The first-order chi connectivity index (χ1) is 7.29. The molecule has 0 bridgehead atoms. The van der Waals surface area contributed by atoms with E-state index in [2.05, 4.69) is 0 Å². The second-order valence-electron chi connectivity index (χ2n) is 3.01. The van der Waals surface area contributed by atoms with Crippen molar-refractivity contribution in [3.8, 4) is 0 Å². The minimum absolute atomic E-state index is 0.0777. The molecule has 16 heavy (non-hydrogen) atoms. The second-order valence-corrected chi connectivity index (χ2v) is 3.01. The van der Waals surface area contributed by atoms with Crippen molar-refractivity contribution in [1.29, 1.82) is 0 Å². The molecule has 0 heterocycles. The zero-order valence-electron chi connectivity index (χ0n) is 7.88. The van der Waals surface area contributed by atoms with Crippen LogP contribution < -0.4 is 5.73 Å². The van der Waals surface area contributed by atoms with Crippen LogP contribution in [-0.4, -0.2) is 5.91 Å². The van der Waals surface area contributed by atoms with Crippen LogP contribution in [0.1, 0.15) is 11.1 Å². The Morgan fingerprint density at radius 2 is 1.88 bits per heavy atom. The van der Waals surface area contributed by atoms with Crippen molar-refractivity contribution in [2.45, 2.75) is 6.18 Å². The molecular formula is C10H7F4NO. The molecule has 0 saturated carbocycles. The molecular weight excluding hydrogens is 226 g/mol. The number of rotatable bonds is 2. The number of benzene rings is 1. The molecule has 0 unspecified atom stereocenters. The van der Waals surface area contributed by atoms with Crippen molar-refractivity contribution in [3.05, 3.63) is 41.2 Å². The van der Waals surface area contributed by atoms with Gasteiger partial charge in [-0.25, -0.2) is 4.39 Å². The van der Waals surface area contributed by atoms with E-state index < -0.39 is 23.5 Å². The van der Waals surface area contributed by atoms with Gasteiger partial charge in [-0.3, -0.25) is 4.79 Å². The summed E-state index contributed by atoms with van der Waals surface area (Å²) in [5, 5.41) is 0. The van der Waals surface area contributed by atoms with Gasteiger partial charge in [-0.15, -0.1) is 0 Å². The van der Waals surface area contributed by atoms with E-state index in [1.165, 1.54) is 0 Å². The van der Waals surface area contributed by atoms with E-state index in [0.717, 1.165) is 24.3 Å². The number of hydrogen-bond acceptors (Lipinski definition) is 1. The molecule has 0 saturated heterocycles. The normalized spacial score (nSPS) is 12.0. The third kappa shape index (κ3) is 3.38. The van der Waals surface area contributed by atoms with Crippen molar-refractivity contribution in [3.63, 3.8) is 0 Å². The van der Waals surface area contributed by atoms with Crippen molar-refractivity contribution < 1.29 is 22.4 Å². The van der Waals surface area contributed by atoms with Gasteiger partial charge in [0, 0.05) is 6.08 Å². The Balaban J connectivity index is 3.13. The largest absolute Gasteiger partial charge is 0.416 e. The number of alkyl halides is 3. The fourth-order valence-electron chi connectivity index (χ4n) is 1.05. The van der Waals surface area contributed by atoms with E-state index in [0.29, 0.717) is 6.07 Å². The van der Waals surface area contributed by atoms with Crippen molar-refractivity contribution in [1.82, 2.24) is 0 Å². The van der Waals surface area contributed by atoms with E-state index in [4.69, 9.17) is 5.73 Å². The molecule has 0 aliphatic heterocycles. The van der Waals surface area contributed by atoms with Crippen LogP contribution in [0.25, 0.3) is 6.08 Å². The van der Waals surface area contributed by atoms with Gasteiger partial charge < -0.3 is 5.73 Å². The lowest BCUT2D eigenvalue weighted by Crippen LogP contribution is -2.06. The van der Waals surface area contributed by atoms with Gasteiger partial charge in [-0.05, 0) is 29.8 Å². The molecule has 1 aromatic rings. The Kier molecular flexibility index (Phi) is 3.31. The van der Waals surface area contributed by atoms with Gasteiger partial charge >= 0.3 is 6.18 Å².